The Balaban J connectivity index is 3.02. The number of hydrogen-bond donors (Lipinski definition) is 0. The van der Waals surface area contributed by atoms with Gasteiger partial charge < -0.3 is 0 Å². The minimum Gasteiger partial charge on any atom is -0.246 e. The molecule has 1 rings (SSSR count). The van der Waals surface area contributed by atoms with Gasteiger partial charge in [-0.05, 0) is 6.26 Å². The van der Waals surface area contributed by atoms with Crippen molar-refractivity contribution in [2.24, 2.45) is 0 Å². The van der Waals surface area contributed by atoms with Gasteiger partial charge in [-0.3, -0.25) is 0 Å². The van der Waals surface area contributed by atoms with Gasteiger partial charge in [-0.2, -0.15) is 13.2 Å². The van der Waals surface area contributed by atoms with E-state index >= 15 is 0 Å². The quantitative estimate of drug-likeness (QED) is 0.599. The predicted molar refractivity (Wildman–Crippen MR) is 67.3 cm³/mol. The van der Waals surface area contributed by atoms with Gasteiger partial charge in [-0.25, -0.2) is 4.39 Å². The van der Waals surface area contributed by atoms with Crippen LogP contribution < -0.4 is 5.30 Å². The van der Waals surface area contributed by atoms with Crippen LogP contribution in [0.3, 0.4) is 0 Å². The molecule has 0 spiro atoms. The van der Waals surface area contributed by atoms with Crippen molar-refractivity contribution < 1.29 is 17.6 Å². The van der Waals surface area contributed by atoms with Crippen molar-refractivity contribution in [2.75, 3.05) is 12.9 Å². The molecule has 1 atom stereocenters. The average Bonchev–Trinajstić information content (AvgIpc) is 2.28. The third-order valence-corrected chi connectivity index (χ3v) is 4.42. The molecule has 0 radical (unpaired) electrons. The smallest absolute Gasteiger partial charge is 0.246 e. The summed E-state index contributed by atoms with van der Waals surface area (Å²) in [5, 5.41) is -1.23. The van der Waals surface area contributed by atoms with Gasteiger partial charge in [0.05, 0.1) is 0 Å². The number of thioether (sulfide) groups is 1. The Hall–Kier alpha value is -0.540. The maximum absolute atomic E-state index is 12.8. The first-order chi connectivity index (χ1) is 7.99. The number of benzene rings is 1. The van der Waals surface area contributed by atoms with E-state index in [9.17, 15) is 17.6 Å². The molecule has 0 nitrogen and oxygen atoms in total. The Morgan fingerprint density at radius 3 is 2.29 bits per heavy atom. The Morgan fingerprint density at radius 2 is 1.88 bits per heavy atom. The molecule has 1 aromatic carbocycles. The summed E-state index contributed by atoms with van der Waals surface area (Å²) < 4.78 is 50.7. The molecule has 0 bridgehead atoms. The molecule has 6 heteroatoms. The fraction of sp³-hybridized carbons (Fsp3) is 0.364. The summed E-state index contributed by atoms with van der Waals surface area (Å²) >= 11 is 0.620. The zero-order valence-electron chi connectivity index (χ0n) is 9.04. The van der Waals surface area contributed by atoms with Crippen molar-refractivity contribution in [1.29, 1.82) is 0 Å². The molecule has 0 amide bonds. The van der Waals surface area contributed by atoms with Gasteiger partial charge in [0, 0.05) is 10.6 Å². The monoisotopic (exact) mass is 282 g/mol. The number of hydrogen-bond acceptors (Lipinski definition) is 1. The summed E-state index contributed by atoms with van der Waals surface area (Å²) in [6.45, 7) is -1.05. The molecule has 1 unspecified atom stereocenters. The normalized spacial score (nSPS) is 14.8. The molecule has 0 aliphatic heterocycles. The minimum atomic E-state index is -4.40. The Morgan fingerprint density at radius 1 is 1.29 bits per heavy atom. The van der Waals surface area contributed by atoms with Crippen molar-refractivity contribution in [3.05, 3.63) is 30.3 Å². The lowest BCUT2D eigenvalue weighted by molar-refractivity contribution is -0.116. The van der Waals surface area contributed by atoms with Crippen molar-refractivity contribution in [1.82, 2.24) is 0 Å². The second-order valence-electron chi connectivity index (χ2n) is 3.23. The zero-order chi connectivity index (χ0) is 12.9. The molecular weight excluding hydrogens is 271 g/mol. The summed E-state index contributed by atoms with van der Waals surface area (Å²) in [6, 6.07) is 8.58. The van der Waals surface area contributed by atoms with Crippen LogP contribution in [0.1, 0.15) is 0 Å². The van der Waals surface area contributed by atoms with E-state index in [0.717, 1.165) is 0 Å². The van der Waals surface area contributed by atoms with Crippen LogP contribution in [0.4, 0.5) is 17.6 Å². The number of alkyl halides is 4. The van der Waals surface area contributed by atoms with E-state index in [1.165, 1.54) is 6.26 Å². The summed E-state index contributed by atoms with van der Waals surface area (Å²) in [5.41, 5.74) is 0. The van der Waals surface area contributed by atoms with Gasteiger partial charge in [0.2, 0.25) is 0 Å². The second-order valence-corrected chi connectivity index (χ2v) is 5.49. The van der Waals surface area contributed by atoms with Crippen molar-refractivity contribution in [3.63, 3.8) is 0 Å². The first-order valence-corrected chi connectivity index (χ1v) is 6.95. The highest BCUT2D eigenvalue weighted by Gasteiger charge is 2.41. The lowest BCUT2D eigenvalue weighted by atomic mass is 10.3. The summed E-state index contributed by atoms with van der Waals surface area (Å²) in [7, 11) is 0.303. The largest absolute Gasteiger partial charge is 0.404 e. The molecule has 0 N–H and O–H groups in total. The molecule has 1 aromatic rings. The van der Waals surface area contributed by atoms with E-state index in [0.29, 0.717) is 25.3 Å². The lowest BCUT2D eigenvalue weighted by Crippen LogP contribution is -2.34. The van der Waals surface area contributed by atoms with E-state index in [2.05, 4.69) is 0 Å². The minimum absolute atomic E-state index is 0.156. The highest BCUT2D eigenvalue weighted by atomic mass is 32.2. The molecule has 0 saturated carbocycles. The van der Waals surface area contributed by atoms with E-state index in [1.807, 2.05) is 0 Å². The van der Waals surface area contributed by atoms with Crippen LogP contribution in [0.5, 0.6) is 0 Å². The second kappa shape index (κ2) is 6.41. The first-order valence-electron chi connectivity index (χ1n) is 4.77. The highest BCUT2D eigenvalue weighted by molar-refractivity contribution is 8.00. The third-order valence-electron chi connectivity index (χ3n) is 2.00. The van der Waals surface area contributed by atoms with Gasteiger partial charge in [-0.15, -0.1) is 11.8 Å². The maximum Gasteiger partial charge on any atom is 0.404 e. The molecule has 17 heavy (non-hydrogen) atoms. The van der Waals surface area contributed by atoms with Gasteiger partial charge in [0.25, 0.3) is 0 Å². The maximum atomic E-state index is 12.8. The first kappa shape index (κ1) is 14.5. The van der Waals surface area contributed by atoms with Crippen LogP contribution in [0.25, 0.3) is 0 Å². The van der Waals surface area contributed by atoms with Crippen LogP contribution in [-0.2, 0) is 0 Å². The predicted octanol–water partition coefficient (Wildman–Crippen LogP) is 3.69. The third kappa shape index (κ3) is 4.32. The van der Waals surface area contributed by atoms with Crippen molar-refractivity contribution >= 4 is 30.6 Å². The van der Waals surface area contributed by atoms with Crippen molar-refractivity contribution in [3.8, 4) is 0 Å². The average molecular weight is 282 g/mol. The molecule has 0 heterocycles. The van der Waals surface area contributed by atoms with Crippen molar-refractivity contribution in [2.45, 2.75) is 11.4 Å². The summed E-state index contributed by atoms with van der Waals surface area (Å²) in [4.78, 5) is 0. The highest BCUT2D eigenvalue weighted by Crippen LogP contribution is 2.32. The zero-order valence-corrected chi connectivity index (χ0v) is 10.7. The standard InChI is InChI=1S/C11H11F4PS/c1-17-10(11(13,14)15)9(7-12)16-8-5-3-2-4-6-8/h2-6,10H,7H2,1H3. The van der Waals surface area contributed by atoms with Crippen LogP contribution in [-0.4, -0.2) is 29.7 Å². The molecule has 0 saturated heterocycles. The Bertz CT molecular complexity index is 375. The number of halogens is 4. The van der Waals surface area contributed by atoms with E-state index in [-0.39, 0.29) is 5.29 Å². The van der Waals surface area contributed by atoms with Gasteiger partial charge in [-0.1, -0.05) is 38.5 Å². The van der Waals surface area contributed by atoms with Crippen LogP contribution in [0, 0.1) is 0 Å². The fourth-order valence-electron chi connectivity index (χ4n) is 1.29. The fourth-order valence-corrected chi connectivity index (χ4v) is 3.34. The SMILES string of the molecule is CSC(C(CF)=Pc1ccccc1)C(F)(F)F. The molecule has 0 fully saturated rings. The topological polar surface area (TPSA) is 0 Å². The van der Waals surface area contributed by atoms with E-state index in [4.69, 9.17) is 0 Å². The van der Waals surface area contributed by atoms with E-state index < -0.39 is 18.1 Å². The summed E-state index contributed by atoms with van der Waals surface area (Å²) in [6.07, 6.45) is -3.06. The van der Waals surface area contributed by atoms with Crippen LogP contribution >= 0.6 is 20.0 Å². The van der Waals surface area contributed by atoms with Gasteiger partial charge >= 0.3 is 6.18 Å². The van der Waals surface area contributed by atoms with Crippen LogP contribution in [0.15, 0.2) is 30.3 Å². The molecule has 0 aliphatic rings. The van der Waals surface area contributed by atoms with Gasteiger partial charge in [0.15, 0.2) is 0 Å². The molecular formula is C11H11F4PS. The Labute approximate surface area is 103 Å². The number of rotatable bonds is 4. The molecule has 0 aliphatic carbocycles. The lowest BCUT2D eigenvalue weighted by Gasteiger charge is -2.19. The molecule has 94 valence electrons. The van der Waals surface area contributed by atoms with Crippen LogP contribution in [0.2, 0.25) is 0 Å². The van der Waals surface area contributed by atoms with E-state index in [1.54, 1.807) is 30.3 Å². The summed E-state index contributed by atoms with van der Waals surface area (Å²) in [5.74, 6) is 0. The molecule has 0 aromatic heterocycles. The van der Waals surface area contributed by atoms with Gasteiger partial charge in [0.1, 0.15) is 11.9 Å². The Kier molecular flexibility index (Phi) is 5.47.